The molecule has 0 saturated heterocycles. The summed E-state index contributed by atoms with van der Waals surface area (Å²) in [5.41, 5.74) is 16.2. The number of hydrogen-bond acceptors (Lipinski definition) is 2. The molecule has 0 amide bonds. The standard InChI is InChI=1S/C55H38N2O/c1-55(2)47-22-10-8-19-45(47)52-40(20-12-23-48(52)55)36-26-29-38(30-27-36)56(51-25-13-21-43-44-32-28-35-14-6-7-17-41(35)53(44)58-54(43)51)39-31-33-50-46(34-39)42-18-9-11-24-49(42)57(50)37-15-4-3-5-16-37/h3-34H,1-2H3. The van der Waals surface area contributed by atoms with Crippen molar-refractivity contribution in [1.29, 1.82) is 0 Å². The van der Waals surface area contributed by atoms with Crippen LogP contribution in [0.15, 0.2) is 199 Å². The van der Waals surface area contributed by atoms with E-state index in [1.165, 1.54) is 60.6 Å². The molecule has 0 bridgehead atoms. The van der Waals surface area contributed by atoms with Gasteiger partial charge < -0.3 is 13.9 Å². The van der Waals surface area contributed by atoms with Crippen LogP contribution in [0.2, 0.25) is 0 Å². The molecule has 0 fully saturated rings. The topological polar surface area (TPSA) is 21.3 Å². The van der Waals surface area contributed by atoms with E-state index in [9.17, 15) is 0 Å². The van der Waals surface area contributed by atoms with Crippen LogP contribution in [0.25, 0.3) is 82.5 Å². The third kappa shape index (κ3) is 4.68. The van der Waals surface area contributed by atoms with E-state index >= 15 is 0 Å². The number of para-hydroxylation sites is 3. The zero-order valence-electron chi connectivity index (χ0n) is 32.3. The van der Waals surface area contributed by atoms with Gasteiger partial charge >= 0.3 is 0 Å². The zero-order valence-corrected chi connectivity index (χ0v) is 32.3. The van der Waals surface area contributed by atoms with Crippen LogP contribution < -0.4 is 4.90 Å². The second-order valence-electron chi connectivity index (χ2n) is 16.1. The molecule has 0 aliphatic heterocycles. The Kier molecular flexibility index (Phi) is 6.98. The largest absolute Gasteiger partial charge is 0.453 e. The molecule has 2 heterocycles. The maximum Gasteiger partial charge on any atom is 0.159 e. The maximum absolute atomic E-state index is 6.99. The van der Waals surface area contributed by atoms with Gasteiger partial charge in [0, 0.05) is 49.4 Å². The molecule has 12 rings (SSSR count). The van der Waals surface area contributed by atoms with Crippen molar-refractivity contribution in [3.05, 3.63) is 205 Å². The molecule has 0 unspecified atom stereocenters. The van der Waals surface area contributed by atoms with E-state index < -0.39 is 0 Å². The highest BCUT2D eigenvalue weighted by atomic mass is 16.3. The molecule has 0 spiro atoms. The van der Waals surface area contributed by atoms with Gasteiger partial charge in [-0.05, 0) is 99.4 Å². The normalized spacial score (nSPS) is 13.1. The van der Waals surface area contributed by atoms with E-state index in [-0.39, 0.29) is 5.41 Å². The first-order chi connectivity index (χ1) is 28.5. The van der Waals surface area contributed by atoms with Gasteiger partial charge in [-0.15, -0.1) is 0 Å². The summed E-state index contributed by atoms with van der Waals surface area (Å²) < 4.78 is 9.36. The molecule has 11 aromatic rings. The zero-order chi connectivity index (χ0) is 38.5. The van der Waals surface area contributed by atoms with E-state index in [1.807, 2.05) is 0 Å². The van der Waals surface area contributed by atoms with E-state index in [2.05, 4.69) is 217 Å². The van der Waals surface area contributed by atoms with Crippen molar-refractivity contribution >= 4 is 71.6 Å². The summed E-state index contributed by atoms with van der Waals surface area (Å²) >= 11 is 0. The minimum atomic E-state index is -0.0580. The second-order valence-corrected chi connectivity index (χ2v) is 16.1. The Morgan fingerprint density at radius 2 is 1.10 bits per heavy atom. The number of rotatable bonds is 5. The van der Waals surface area contributed by atoms with Crippen LogP contribution in [0.1, 0.15) is 25.0 Å². The number of anilines is 3. The highest BCUT2D eigenvalue weighted by molar-refractivity contribution is 6.18. The molecule has 1 aliphatic rings. The molecule has 9 aromatic carbocycles. The lowest BCUT2D eigenvalue weighted by Gasteiger charge is -2.26. The summed E-state index contributed by atoms with van der Waals surface area (Å²) in [7, 11) is 0. The lowest BCUT2D eigenvalue weighted by Crippen LogP contribution is -2.14. The SMILES string of the molecule is CC1(C)c2ccccc2-c2c(-c3ccc(N(c4ccc5c(c4)c4ccccc4n5-c4ccccc4)c4cccc5c4oc4c6ccccc6ccc54)cc3)cccc21. The summed E-state index contributed by atoms with van der Waals surface area (Å²) in [6, 6.07) is 70.5. The average Bonchev–Trinajstić information content (AvgIpc) is 3.90. The highest BCUT2D eigenvalue weighted by Crippen LogP contribution is 2.52. The van der Waals surface area contributed by atoms with Gasteiger partial charge in [-0.1, -0.05) is 147 Å². The Morgan fingerprint density at radius 1 is 0.448 bits per heavy atom. The van der Waals surface area contributed by atoms with Crippen molar-refractivity contribution in [3.63, 3.8) is 0 Å². The minimum Gasteiger partial charge on any atom is -0.453 e. The second kappa shape index (κ2) is 12.3. The van der Waals surface area contributed by atoms with E-state index in [0.717, 1.165) is 50.1 Å². The van der Waals surface area contributed by atoms with E-state index in [0.29, 0.717) is 0 Å². The Morgan fingerprint density at radius 3 is 1.98 bits per heavy atom. The van der Waals surface area contributed by atoms with Crippen LogP contribution in [0.5, 0.6) is 0 Å². The van der Waals surface area contributed by atoms with Gasteiger partial charge in [0.25, 0.3) is 0 Å². The molecule has 0 saturated carbocycles. The monoisotopic (exact) mass is 742 g/mol. The maximum atomic E-state index is 6.99. The molecule has 3 heteroatoms. The summed E-state index contributed by atoms with van der Waals surface area (Å²) in [5, 5.41) is 6.92. The van der Waals surface area contributed by atoms with Gasteiger partial charge in [0.2, 0.25) is 0 Å². The van der Waals surface area contributed by atoms with Crippen molar-refractivity contribution in [1.82, 2.24) is 4.57 Å². The molecule has 58 heavy (non-hydrogen) atoms. The Hall–Kier alpha value is -7.36. The van der Waals surface area contributed by atoms with Crippen molar-refractivity contribution in [2.75, 3.05) is 4.90 Å². The number of hydrogen-bond donors (Lipinski definition) is 0. The smallest absolute Gasteiger partial charge is 0.159 e. The summed E-state index contributed by atoms with van der Waals surface area (Å²) in [6.45, 7) is 4.69. The Balaban J connectivity index is 1.08. The van der Waals surface area contributed by atoms with E-state index in [4.69, 9.17) is 4.42 Å². The van der Waals surface area contributed by atoms with Crippen molar-refractivity contribution in [3.8, 4) is 27.9 Å². The minimum absolute atomic E-state index is 0.0580. The fourth-order valence-corrected chi connectivity index (χ4v) is 9.86. The van der Waals surface area contributed by atoms with Crippen molar-refractivity contribution in [2.45, 2.75) is 19.3 Å². The van der Waals surface area contributed by atoms with Crippen molar-refractivity contribution < 1.29 is 4.42 Å². The third-order valence-corrected chi connectivity index (χ3v) is 12.6. The summed E-state index contributed by atoms with van der Waals surface area (Å²) in [6.07, 6.45) is 0. The lowest BCUT2D eigenvalue weighted by atomic mass is 9.82. The van der Waals surface area contributed by atoms with Crippen LogP contribution in [-0.4, -0.2) is 4.57 Å². The number of furan rings is 1. The molecule has 1 aliphatic carbocycles. The quantitative estimate of drug-likeness (QED) is 0.175. The first-order valence-electron chi connectivity index (χ1n) is 20.1. The van der Waals surface area contributed by atoms with Gasteiger partial charge in [0.1, 0.15) is 5.58 Å². The highest BCUT2D eigenvalue weighted by Gasteiger charge is 2.36. The molecule has 3 nitrogen and oxygen atoms in total. The third-order valence-electron chi connectivity index (χ3n) is 12.6. The van der Waals surface area contributed by atoms with Crippen LogP contribution >= 0.6 is 0 Å². The van der Waals surface area contributed by atoms with Gasteiger partial charge in [0.05, 0.1) is 16.7 Å². The van der Waals surface area contributed by atoms with Crippen LogP contribution in [0.4, 0.5) is 17.1 Å². The van der Waals surface area contributed by atoms with Gasteiger partial charge in [0.15, 0.2) is 5.58 Å². The first-order valence-corrected chi connectivity index (χ1v) is 20.1. The number of nitrogens with zero attached hydrogens (tertiary/aromatic N) is 2. The van der Waals surface area contributed by atoms with Crippen LogP contribution in [-0.2, 0) is 5.41 Å². The first kappa shape index (κ1) is 32.8. The fraction of sp³-hybridized carbons (Fsp3) is 0.0545. The van der Waals surface area contributed by atoms with Gasteiger partial charge in [-0.2, -0.15) is 0 Å². The fourth-order valence-electron chi connectivity index (χ4n) is 9.86. The molecule has 0 atom stereocenters. The lowest BCUT2D eigenvalue weighted by molar-refractivity contribution is 0.660. The van der Waals surface area contributed by atoms with Crippen LogP contribution in [0.3, 0.4) is 0 Å². The Labute approximate surface area is 336 Å². The van der Waals surface area contributed by atoms with Crippen LogP contribution in [0, 0.1) is 0 Å². The summed E-state index contributed by atoms with van der Waals surface area (Å²) in [5.74, 6) is 0. The predicted octanol–water partition coefficient (Wildman–Crippen LogP) is 15.3. The molecule has 0 radical (unpaired) electrons. The summed E-state index contributed by atoms with van der Waals surface area (Å²) in [4.78, 5) is 2.37. The number of fused-ring (bicyclic) bond motifs is 11. The molecule has 2 aromatic heterocycles. The molecule has 274 valence electrons. The Bertz CT molecular complexity index is 3420. The van der Waals surface area contributed by atoms with Gasteiger partial charge in [-0.25, -0.2) is 0 Å². The average molecular weight is 743 g/mol. The molecule has 0 N–H and O–H groups in total. The molecular formula is C55H38N2O. The molecular weight excluding hydrogens is 705 g/mol. The van der Waals surface area contributed by atoms with Gasteiger partial charge in [-0.3, -0.25) is 0 Å². The number of benzene rings is 9. The van der Waals surface area contributed by atoms with E-state index in [1.54, 1.807) is 0 Å². The predicted molar refractivity (Wildman–Crippen MR) is 243 cm³/mol. The number of aromatic nitrogens is 1. The van der Waals surface area contributed by atoms with Crippen molar-refractivity contribution in [2.24, 2.45) is 0 Å².